The summed E-state index contributed by atoms with van der Waals surface area (Å²) in [5, 5.41) is 0. The number of hydrogen-bond donors (Lipinski definition) is 0. The van der Waals surface area contributed by atoms with Crippen LogP contribution >= 0.6 is 11.8 Å². The Balaban J connectivity index is 1.70. The smallest absolute Gasteiger partial charge is 0.0213 e. The van der Waals surface area contributed by atoms with E-state index >= 15 is 0 Å². The molecule has 3 atom stereocenters. The van der Waals surface area contributed by atoms with Crippen LogP contribution in [0.5, 0.6) is 0 Å². The molecule has 0 aliphatic heterocycles. The summed E-state index contributed by atoms with van der Waals surface area (Å²) in [7, 11) is 0. The normalized spacial score (nSPS) is 36.0. The van der Waals surface area contributed by atoms with E-state index in [9.17, 15) is 0 Å². The van der Waals surface area contributed by atoms with E-state index in [2.05, 4.69) is 39.5 Å². The first-order valence-corrected chi connectivity index (χ1v) is 9.65. The highest BCUT2D eigenvalue weighted by molar-refractivity contribution is 8.00. The quantitative estimate of drug-likeness (QED) is 0.471. The number of thioether (sulfide) groups is 1. The highest BCUT2D eigenvalue weighted by atomic mass is 32.2. The molecule has 2 rings (SSSR count). The van der Waals surface area contributed by atoms with Crippen molar-refractivity contribution in [3.05, 3.63) is 0 Å². The van der Waals surface area contributed by atoms with Crippen molar-refractivity contribution in [3.63, 3.8) is 0 Å². The predicted octanol–water partition coefficient (Wildman–Crippen LogP) is 6.29. The lowest BCUT2D eigenvalue weighted by Gasteiger charge is -2.47. The Hall–Kier alpha value is 0.350. The fraction of sp³-hybridized carbons (Fsp3) is 1.00. The molecule has 2 aliphatic carbocycles. The molecule has 0 radical (unpaired) electrons. The van der Waals surface area contributed by atoms with Gasteiger partial charge in [-0.1, -0.05) is 52.9 Å². The molecule has 0 aromatic rings. The standard InChI is InChI=1S/C18H34S/c1-5-6-7-8-9-10-13-19-18(4)16-12-11-15(14-16)17(18,2)3/h15-16H,5-14H2,1-4H3/t15-,16+,18-/m1/s1. The van der Waals surface area contributed by atoms with Crippen molar-refractivity contribution >= 4 is 11.8 Å². The summed E-state index contributed by atoms with van der Waals surface area (Å²) in [6, 6.07) is 0. The second-order valence-corrected chi connectivity index (χ2v) is 9.20. The molecule has 0 aromatic heterocycles. The van der Waals surface area contributed by atoms with Crippen LogP contribution in [0.25, 0.3) is 0 Å². The van der Waals surface area contributed by atoms with Gasteiger partial charge in [0, 0.05) is 4.75 Å². The van der Waals surface area contributed by atoms with E-state index in [1.54, 1.807) is 0 Å². The molecule has 2 bridgehead atoms. The zero-order valence-corrected chi connectivity index (χ0v) is 14.5. The van der Waals surface area contributed by atoms with Crippen molar-refractivity contribution < 1.29 is 0 Å². The van der Waals surface area contributed by atoms with Gasteiger partial charge in [-0.05, 0) is 55.6 Å². The molecular weight excluding hydrogens is 248 g/mol. The third kappa shape index (κ3) is 3.01. The number of unbranched alkanes of at least 4 members (excludes halogenated alkanes) is 5. The van der Waals surface area contributed by atoms with Gasteiger partial charge in [0.2, 0.25) is 0 Å². The first-order chi connectivity index (χ1) is 9.02. The van der Waals surface area contributed by atoms with E-state index in [1.165, 1.54) is 63.5 Å². The SMILES string of the molecule is CCCCCCCCS[C@]1(C)[C@H]2CC[C@H](C2)C1(C)C. The van der Waals surface area contributed by atoms with E-state index in [0.717, 1.165) is 11.8 Å². The minimum Gasteiger partial charge on any atom is -0.155 e. The summed E-state index contributed by atoms with van der Waals surface area (Å²) < 4.78 is 0.569. The van der Waals surface area contributed by atoms with Gasteiger partial charge in [-0.2, -0.15) is 11.8 Å². The maximum absolute atomic E-state index is 2.58. The lowest BCUT2D eigenvalue weighted by molar-refractivity contribution is 0.166. The molecule has 112 valence electrons. The van der Waals surface area contributed by atoms with Gasteiger partial charge < -0.3 is 0 Å². The fourth-order valence-corrected chi connectivity index (χ4v) is 6.30. The highest BCUT2D eigenvalue weighted by Gasteiger charge is 2.60. The Morgan fingerprint density at radius 2 is 1.53 bits per heavy atom. The van der Waals surface area contributed by atoms with E-state index in [1.807, 2.05) is 0 Å². The van der Waals surface area contributed by atoms with Gasteiger partial charge in [0.1, 0.15) is 0 Å². The Labute approximate surface area is 125 Å². The van der Waals surface area contributed by atoms with E-state index < -0.39 is 0 Å². The average Bonchev–Trinajstić information content (AvgIpc) is 2.92. The van der Waals surface area contributed by atoms with Crippen LogP contribution in [0.1, 0.15) is 85.5 Å². The lowest BCUT2D eigenvalue weighted by Crippen LogP contribution is -2.44. The van der Waals surface area contributed by atoms with Crippen LogP contribution in [0.4, 0.5) is 0 Å². The number of hydrogen-bond acceptors (Lipinski definition) is 1. The van der Waals surface area contributed by atoms with Crippen LogP contribution in [-0.2, 0) is 0 Å². The van der Waals surface area contributed by atoms with E-state index in [-0.39, 0.29) is 0 Å². The summed E-state index contributed by atoms with van der Waals surface area (Å²) in [6.45, 7) is 9.97. The van der Waals surface area contributed by atoms with E-state index in [4.69, 9.17) is 0 Å². The summed E-state index contributed by atoms with van der Waals surface area (Å²) >= 11 is 2.32. The number of fused-ring (bicyclic) bond motifs is 2. The lowest BCUT2D eigenvalue weighted by atomic mass is 9.69. The second-order valence-electron chi connectivity index (χ2n) is 7.65. The summed E-state index contributed by atoms with van der Waals surface area (Å²) in [4.78, 5) is 0. The van der Waals surface area contributed by atoms with Crippen LogP contribution in [-0.4, -0.2) is 10.5 Å². The molecule has 0 unspecified atom stereocenters. The van der Waals surface area contributed by atoms with Gasteiger partial charge in [-0.3, -0.25) is 0 Å². The minimum atomic E-state index is 0.569. The van der Waals surface area contributed by atoms with Crippen molar-refractivity contribution in [2.24, 2.45) is 17.3 Å². The predicted molar refractivity (Wildman–Crippen MR) is 88.9 cm³/mol. The van der Waals surface area contributed by atoms with Gasteiger partial charge in [0.25, 0.3) is 0 Å². The highest BCUT2D eigenvalue weighted by Crippen LogP contribution is 2.66. The van der Waals surface area contributed by atoms with Gasteiger partial charge in [-0.15, -0.1) is 0 Å². The molecule has 1 heteroatoms. The monoisotopic (exact) mass is 282 g/mol. The summed E-state index contributed by atoms with van der Waals surface area (Å²) in [6.07, 6.45) is 13.1. The molecule has 0 amide bonds. The van der Waals surface area contributed by atoms with E-state index in [0.29, 0.717) is 10.2 Å². The Morgan fingerprint density at radius 3 is 2.16 bits per heavy atom. The third-order valence-corrected chi connectivity index (χ3v) is 8.36. The van der Waals surface area contributed by atoms with Gasteiger partial charge in [0.05, 0.1) is 0 Å². The van der Waals surface area contributed by atoms with Gasteiger partial charge >= 0.3 is 0 Å². The minimum absolute atomic E-state index is 0.569. The van der Waals surface area contributed by atoms with Crippen LogP contribution in [0.15, 0.2) is 0 Å². The van der Waals surface area contributed by atoms with Gasteiger partial charge in [-0.25, -0.2) is 0 Å². The molecule has 2 saturated carbocycles. The molecule has 2 fully saturated rings. The van der Waals surface area contributed by atoms with Crippen LogP contribution in [0.3, 0.4) is 0 Å². The first-order valence-electron chi connectivity index (χ1n) is 8.66. The van der Waals surface area contributed by atoms with Crippen molar-refractivity contribution in [2.75, 3.05) is 5.75 Å². The van der Waals surface area contributed by atoms with Crippen LogP contribution in [0, 0.1) is 17.3 Å². The topological polar surface area (TPSA) is 0 Å². The maximum atomic E-state index is 2.58. The third-order valence-electron chi connectivity index (χ3n) is 6.41. The second kappa shape index (κ2) is 6.41. The Morgan fingerprint density at radius 1 is 0.895 bits per heavy atom. The average molecular weight is 283 g/mol. The van der Waals surface area contributed by atoms with Crippen molar-refractivity contribution in [1.82, 2.24) is 0 Å². The molecule has 0 spiro atoms. The molecule has 0 nitrogen and oxygen atoms in total. The van der Waals surface area contributed by atoms with Crippen molar-refractivity contribution in [1.29, 1.82) is 0 Å². The molecule has 0 N–H and O–H groups in total. The van der Waals surface area contributed by atoms with Crippen molar-refractivity contribution in [3.8, 4) is 0 Å². The summed E-state index contributed by atoms with van der Waals surface area (Å²) in [5.74, 6) is 3.42. The fourth-order valence-electron chi connectivity index (χ4n) is 4.54. The van der Waals surface area contributed by atoms with Gasteiger partial charge in [0.15, 0.2) is 0 Å². The molecule has 0 aromatic carbocycles. The largest absolute Gasteiger partial charge is 0.155 e. The molecular formula is C18H34S. The Kier molecular flexibility index (Phi) is 5.31. The molecule has 0 heterocycles. The van der Waals surface area contributed by atoms with Crippen molar-refractivity contribution in [2.45, 2.75) is 90.2 Å². The van der Waals surface area contributed by atoms with Crippen LogP contribution < -0.4 is 0 Å². The summed E-state index contributed by atoms with van der Waals surface area (Å²) in [5.41, 5.74) is 0.572. The zero-order valence-electron chi connectivity index (χ0n) is 13.6. The first kappa shape index (κ1) is 15.7. The molecule has 0 saturated heterocycles. The molecule has 19 heavy (non-hydrogen) atoms. The number of rotatable bonds is 8. The zero-order chi connectivity index (χ0) is 13.9. The van der Waals surface area contributed by atoms with Crippen LogP contribution in [0.2, 0.25) is 0 Å². The Bertz CT molecular complexity index is 283. The molecule has 2 aliphatic rings. The maximum Gasteiger partial charge on any atom is 0.0213 e.